The van der Waals surface area contributed by atoms with E-state index in [-0.39, 0.29) is 53.1 Å². The first-order valence-corrected chi connectivity index (χ1v) is 20.1. The summed E-state index contributed by atoms with van der Waals surface area (Å²) < 4.78 is 19.8. The van der Waals surface area contributed by atoms with Crippen LogP contribution >= 0.6 is 0 Å². The summed E-state index contributed by atoms with van der Waals surface area (Å²) in [5.74, 6) is 2.61. The van der Waals surface area contributed by atoms with Crippen LogP contribution in [0.2, 0.25) is 0 Å². The van der Waals surface area contributed by atoms with Gasteiger partial charge in [-0.25, -0.2) is 4.98 Å². The Balaban J connectivity index is 0.00000131. The Morgan fingerprint density at radius 2 is 1.82 bits per heavy atom. The molecular weight excluding hydrogens is 646 g/mol. The summed E-state index contributed by atoms with van der Waals surface area (Å²) in [4.78, 5) is 38.4. The van der Waals surface area contributed by atoms with Crippen LogP contribution in [0.25, 0.3) is 0 Å². The number of aliphatic hydroxyl groups excluding tert-OH is 1. The number of rotatable bonds is 9. The maximum atomic E-state index is 12.6. The van der Waals surface area contributed by atoms with Crippen molar-refractivity contribution in [3.8, 4) is 0 Å². The van der Waals surface area contributed by atoms with Gasteiger partial charge in [0, 0.05) is 49.8 Å². The molecule has 10 heteroatoms. The summed E-state index contributed by atoms with van der Waals surface area (Å²) in [6.45, 7) is 17.7. The molecule has 10 nitrogen and oxygen atoms in total. The number of nitrogens with one attached hydrogen (secondary N) is 1. The van der Waals surface area contributed by atoms with E-state index in [4.69, 9.17) is 23.8 Å². The van der Waals surface area contributed by atoms with Crippen molar-refractivity contribution in [2.45, 2.75) is 149 Å². The fraction of sp³-hybridized carbons (Fsp3) is 0.878. The lowest BCUT2D eigenvalue weighted by Gasteiger charge is -2.64. The van der Waals surface area contributed by atoms with Crippen LogP contribution < -0.4 is 0 Å². The molecule has 51 heavy (non-hydrogen) atoms. The maximum Gasteiger partial charge on any atom is 0.373 e. The second kappa shape index (κ2) is 13.7. The van der Waals surface area contributed by atoms with Crippen molar-refractivity contribution in [2.24, 2.45) is 50.7 Å². The van der Waals surface area contributed by atoms with Gasteiger partial charge in [0.05, 0.1) is 37.4 Å². The number of carbonyl (C=O) groups is 1. The Labute approximate surface area is 304 Å². The van der Waals surface area contributed by atoms with E-state index in [1.807, 2.05) is 6.20 Å². The Morgan fingerprint density at radius 1 is 1.08 bits per heavy atom. The number of ether oxygens (including phenoxy) is 3. The van der Waals surface area contributed by atoms with Crippen LogP contribution in [0, 0.1) is 50.7 Å². The average molecular weight is 710 g/mol. The van der Waals surface area contributed by atoms with Crippen molar-refractivity contribution in [3.05, 3.63) is 18.2 Å². The van der Waals surface area contributed by atoms with E-state index in [2.05, 4.69) is 56.4 Å². The molecule has 2 aliphatic heterocycles. The second-order valence-electron chi connectivity index (χ2n) is 18.9. The van der Waals surface area contributed by atoms with Gasteiger partial charge in [-0.2, -0.15) is 9.59 Å². The molecular formula is C41H63N3O7. The number of nitrogens with zero attached hydrogens (tertiary/aromatic N) is 2. The molecule has 0 radical (unpaired) electrons. The van der Waals surface area contributed by atoms with E-state index in [9.17, 15) is 9.90 Å². The molecule has 0 amide bonds. The quantitative estimate of drug-likeness (QED) is 0.318. The van der Waals surface area contributed by atoms with Crippen LogP contribution in [-0.2, 0) is 35.0 Å². The molecule has 3 heterocycles. The largest absolute Gasteiger partial charge is 0.390 e. The topological polar surface area (TPSA) is 131 Å². The molecule has 5 saturated carbocycles. The normalized spacial score (nSPS) is 46.5. The molecule has 8 rings (SSSR count). The van der Waals surface area contributed by atoms with Crippen molar-refractivity contribution >= 4 is 11.9 Å². The minimum absolute atomic E-state index is 0.0115. The number of H-pyrrole nitrogens is 1. The monoisotopic (exact) mass is 709 g/mol. The highest BCUT2D eigenvalue weighted by atomic mass is 16.7. The molecule has 1 aromatic rings. The third-order valence-corrected chi connectivity index (χ3v) is 16.5. The van der Waals surface area contributed by atoms with Gasteiger partial charge >= 0.3 is 6.15 Å². The summed E-state index contributed by atoms with van der Waals surface area (Å²) in [5.41, 5.74) is 1.95. The van der Waals surface area contributed by atoms with Gasteiger partial charge in [0.25, 0.3) is 0 Å². The van der Waals surface area contributed by atoms with Crippen molar-refractivity contribution in [3.63, 3.8) is 0 Å². The van der Waals surface area contributed by atoms with Crippen LogP contribution in [0.5, 0.6) is 0 Å². The van der Waals surface area contributed by atoms with Gasteiger partial charge in [0.2, 0.25) is 0 Å². The molecule has 0 bridgehead atoms. The molecule has 2 spiro atoms. The molecule has 7 fully saturated rings. The fourth-order valence-corrected chi connectivity index (χ4v) is 14.2. The van der Waals surface area contributed by atoms with Crippen molar-refractivity contribution < 1.29 is 33.7 Å². The molecule has 7 aliphatic rings. The number of Topliss-reactive ketones (excluding diaryl/α,β-unsaturated/α-hetero) is 1. The third kappa shape index (κ3) is 5.85. The molecule has 5 aliphatic carbocycles. The number of ketones is 1. The van der Waals surface area contributed by atoms with E-state index < -0.39 is 0 Å². The summed E-state index contributed by atoms with van der Waals surface area (Å²) in [7, 11) is 0. The summed E-state index contributed by atoms with van der Waals surface area (Å²) in [5, 5.41) is 12.3. The van der Waals surface area contributed by atoms with E-state index in [1.54, 1.807) is 6.33 Å². The second-order valence-corrected chi connectivity index (χ2v) is 18.9. The number of aryl methyl sites for hydroxylation is 1. The van der Waals surface area contributed by atoms with E-state index in [0.29, 0.717) is 59.7 Å². The number of morpholine rings is 1. The Kier molecular flexibility index (Phi) is 10.1. The minimum atomic E-state index is -0.370. The van der Waals surface area contributed by atoms with Gasteiger partial charge in [0.1, 0.15) is 5.78 Å². The van der Waals surface area contributed by atoms with E-state index >= 15 is 0 Å². The van der Waals surface area contributed by atoms with Crippen LogP contribution in [0.4, 0.5) is 0 Å². The van der Waals surface area contributed by atoms with Crippen LogP contribution in [0.1, 0.15) is 118 Å². The zero-order valence-corrected chi connectivity index (χ0v) is 32.0. The van der Waals surface area contributed by atoms with Gasteiger partial charge in [-0.05, 0) is 116 Å². The number of carbonyl (C=O) groups excluding carboxylic acids is 3. The third-order valence-electron chi connectivity index (χ3n) is 16.5. The maximum absolute atomic E-state index is 12.6. The van der Waals surface area contributed by atoms with Gasteiger partial charge in [-0.15, -0.1) is 0 Å². The van der Waals surface area contributed by atoms with Gasteiger partial charge in [0.15, 0.2) is 6.29 Å². The fourth-order valence-electron chi connectivity index (χ4n) is 14.2. The molecule has 13 atom stereocenters. The Bertz CT molecular complexity index is 1450. The number of aliphatic hydroxyl groups is 1. The standard InChI is InChI=1S/C40H63N3O5.CO2/c1-25-20-26(2)47-34-33(25)37(5)15-16-40-23-39(40)14-12-31(36(3,4)29(39)10-11-30(40)38(37,6)35(34)45)48-32-22-43(18-19-46-32)17-13-28(44)9-7-8-27-21-41-24-42-27;2-1-3/h21,24-26,29-35,45H,7-20,22-23H2,1-6H3,(H,41,42);/t25-,26?,29+,30?,31?,32+,33+,34?,35+,37-,38-,39-,40+;/m1./s1. The number of hydrogen-bond acceptors (Lipinski definition) is 9. The van der Waals surface area contributed by atoms with Crippen LogP contribution in [-0.4, -0.2) is 88.9 Å². The number of aromatic nitrogens is 2. The predicted octanol–water partition coefficient (Wildman–Crippen LogP) is 5.98. The smallest absolute Gasteiger partial charge is 0.373 e. The summed E-state index contributed by atoms with van der Waals surface area (Å²) in [6.07, 6.45) is 16.3. The first-order chi connectivity index (χ1) is 24.3. The van der Waals surface area contributed by atoms with Gasteiger partial charge in [-0.1, -0.05) is 34.6 Å². The van der Waals surface area contributed by atoms with Crippen molar-refractivity contribution in [2.75, 3.05) is 26.2 Å². The minimum Gasteiger partial charge on any atom is -0.390 e. The van der Waals surface area contributed by atoms with Crippen LogP contribution in [0.15, 0.2) is 12.5 Å². The van der Waals surface area contributed by atoms with Crippen molar-refractivity contribution in [1.82, 2.24) is 14.9 Å². The molecule has 2 N–H and O–H groups in total. The Morgan fingerprint density at radius 3 is 2.57 bits per heavy atom. The van der Waals surface area contributed by atoms with Gasteiger partial charge < -0.3 is 24.3 Å². The first-order valence-electron chi connectivity index (χ1n) is 20.1. The lowest BCUT2D eigenvalue weighted by molar-refractivity contribution is -0.248. The lowest BCUT2D eigenvalue weighted by atomic mass is 9.41. The molecule has 2 saturated heterocycles. The number of hydrogen-bond donors (Lipinski definition) is 2. The lowest BCUT2D eigenvalue weighted by Crippen LogP contribution is -2.60. The zero-order valence-electron chi connectivity index (χ0n) is 32.0. The summed E-state index contributed by atoms with van der Waals surface area (Å²) in [6, 6.07) is 0. The molecule has 0 aromatic carbocycles. The molecule has 4 unspecified atom stereocenters. The molecule has 1 aromatic heterocycles. The summed E-state index contributed by atoms with van der Waals surface area (Å²) >= 11 is 0. The number of fused-ring (bicyclic) bond motifs is 4. The van der Waals surface area contributed by atoms with E-state index in [1.165, 1.54) is 38.5 Å². The SMILES string of the molecule is CC1C[C@@H](C)[C@H]2C(O1)[C@H](O)[C@@]1(C)C3CC[C@H]4C(C)(C)C(O[C@H]5CN(CCC(=O)CCCc6cnc[nH]6)CCO5)CC[C@@]45C[C@@]35CC[C@]21C.O=C=O. The van der Waals surface area contributed by atoms with Crippen LogP contribution in [0.3, 0.4) is 0 Å². The first kappa shape index (κ1) is 37.4. The highest BCUT2D eigenvalue weighted by Crippen LogP contribution is 2.89. The van der Waals surface area contributed by atoms with Crippen molar-refractivity contribution in [1.29, 1.82) is 0 Å². The van der Waals surface area contributed by atoms with E-state index in [0.717, 1.165) is 51.0 Å². The number of imidazole rings is 1. The molecule has 284 valence electrons. The van der Waals surface area contributed by atoms with Gasteiger partial charge in [-0.3, -0.25) is 9.69 Å². The Hall–Kier alpha value is -1.94. The highest BCUT2D eigenvalue weighted by molar-refractivity contribution is 5.78. The highest BCUT2D eigenvalue weighted by Gasteiger charge is 2.84. The average Bonchev–Trinajstić information content (AvgIpc) is 3.35. The predicted molar refractivity (Wildman–Crippen MR) is 189 cm³/mol. The zero-order chi connectivity index (χ0) is 36.4. The number of aromatic amines is 1.